The Kier molecular flexibility index (Phi) is 3.76. The number of carboxylic acids is 1. The number of benzene rings is 1. The predicted octanol–water partition coefficient (Wildman–Crippen LogP) is 3.94. The Labute approximate surface area is 113 Å². The molecule has 0 spiro atoms. The maximum absolute atomic E-state index is 12.9. The van der Waals surface area contributed by atoms with Gasteiger partial charge >= 0.3 is 5.97 Å². The molecule has 0 bridgehead atoms. The molecule has 0 radical (unpaired) electrons. The van der Waals surface area contributed by atoms with Crippen LogP contribution in [0.1, 0.15) is 29.3 Å². The first-order valence-corrected chi connectivity index (χ1v) is 5.90. The molecule has 2 aromatic rings. The topological polar surface area (TPSA) is 62.5 Å². The van der Waals surface area contributed by atoms with E-state index in [0.29, 0.717) is 11.4 Å². The Morgan fingerprint density at radius 2 is 2.16 bits per heavy atom. The highest BCUT2D eigenvalue weighted by molar-refractivity contribution is 6.33. The maximum atomic E-state index is 12.9. The van der Waals surface area contributed by atoms with Crippen molar-refractivity contribution in [3.8, 4) is 0 Å². The largest absolute Gasteiger partial charge is 0.475 e. The lowest BCUT2D eigenvalue weighted by atomic mass is 10.2. The summed E-state index contributed by atoms with van der Waals surface area (Å²) in [6, 6.07) is 6.64. The monoisotopic (exact) mass is 283 g/mol. The Morgan fingerprint density at radius 1 is 1.42 bits per heavy atom. The van der Waals surface area contributed by atoms with Crippen molar-refractivity contribution >= 4 is 23.3 Å². The van der Waals surface area contributed by atoms with Crippen molar-refractivity contribution in [1.82, 2.24) is 0 Å². The molecule has 6 heteroatoms. The van der Waals surface area contributed by atoms with Gasteiger partial charge in [-0.05, 0) is 37.3 Å². The molecular weight excluding hydrogens is 273 g/mol. The molecule has 2 N–H and O–H groups in total. The second-order valence-electron chi connectivity index (χ2n) is 4.00. The van der Waals surface area contributed by atoms with E-state index >= 15 is 0 Å². The van der Waals surface area contributed by atoms with Gasteiger partial charge in [-0.15, -0.1) is 0 Å². The van der Waals surface area contributed by atoms with E-state index in [0.717, 1.165) is 0 Å². The lowest BCUT2D eigenvalue weighted by molar-refractivity contribution is 0.0660. The molecule has 1 heterocycles. The number of carbonyl (C=O) groups is 1. The van der Waals surface area contributed by atoms with Crippen molar-refractivity contribution in [3.63, 3.8) is 0 Å². The summed E-state index contributed by atoms with van der Waals surface area (Å²) in [5, 5.41) is 12.0. The second-order valence-corrected chi connectivity index (χ2v) is 4.40. The smallest absolute Gasteiger partial charge is 0.371 e. The minimum atomic E-state index is -1.13. The molecule has 0 aliphatic heterocycles. The summed E-state index contributed by atoms with van der Waals surface area (Å²) in [6.07, 6.45) is 0. The molecule has 1 unspecified atom stereocenters. The van der Waals surface area contributed by atoms with E-state index in [4.69, 9.17) is 21.1 Å². The Balaban J connectivity index is 2.15. The zero-order valence-electron chi connectivity index (χ0n) is 9.98. The highest BCUT2D eigenvalue weighted by atomic mass is 35.5. The summed E-state index contributed by atoms with van der Waals surface area (Å²) in [5.41, 5.74) is 0.545. The van der Waals surface area contributed by atoms with E-state index in [1.54, 1.807) is 13.0 Å². The van der Waals surface area contributed by atoms with Gasteiger partial charge in [-0.3, -0.25) is 0 Å². The van der Waals surface area contributed by atoms with Crippen LogP contribution >= 0.6 is 11.6 Å². The van der Waals surface area contributed by atoms with Gasteiger partial charge < -0.3 is 14.8 Å². The molecule has 1 aromatic carbocycles. The minimum Gasteiger partial charge on any atom is -0.475 e. The van der Waals surface area contributed by atoms with E-state index in [9.17, 15) is 9.18 Å². The van der Waals surface area contributed by atoms with E-state index in [1.807, 2.05) is 0 Å². The lowest BCUT2D eigenvalue weighted by Crippen LogP contribution is -2.06. The molecule has 0 fully saturated rings. The maximum Gasteiger partial charge on any atom is 0.371 e. The van der Waals surface area contributed by atoms with E-state index in [-0.39, 0.29) is 16.8 Å². The highest BCUT2D eigenvalue weighted by Crippen LogP contribution is 2.27. The first-order chi connectivity index (χ1) is 8.97. The van der Waals surface area contributed by atoms with Gasteiger partial charge in [0.15, 0.2) is 0 Å². The van der Waals surface area contributed by atoms with Gasteiger partial charge in [-0.25, -0.2) is 9.18 Å². The molecule has 0 aliphatic carbocycles. The summed E-state index contributed by atoms with van der Waals surface area (Å²) in [6.45, 7) is 1.78. The van der Waals surface area contributed by atoms with Crippen molar-refractivity contribution < 1.29 is 18.7 Å². The molecule has 0 amide bonds. The molecule has 0 saturated carbocycles. The number of aromatic carboxylic acids is 1. The minimum absolute atomic E-state index is 0.131. The fourth-order valence-electron chi connectivity index (χ4n) is 1.61. The lowest BCUT2D eigenvalue weighted by Gasteiger charge is -2.14. The van der Waals surface area contributed by atoms with E-state index < -0.39 is 11.8 Å². The first kappa shape index (κ1) is 13.4. The number of halogens is 2. The average molecular weight is 284 g/mol. The van der Waals surface area contributed by atoms with Gasteiger partial charge in [-0.2, -0.15) is 0 Å². The number of furan rings is 1. The molecule has 100 valence electrons. The van der Waals surface area contributed by atoms with Crippen LogP contribution in [0.3, 0.4) is 0 Å². The van der Waals surface area contributed by atoms with Gasteiger partial charge in [0.25, 0.3) is 0 Å². The van der Waals surface area contributed by atoms with Gasteiger partial charge in [0.1, 0.15) is 11.6 Å². The number of anilines is 1. The molecule has 4 nitrogen and oxygen atoms in total. The standard InChI is InChI=1S/C13H11ClFNO3/c1-7(11-4-5-12(19-11)13(17)18)16-10-3-2-8(15)6-9(10)14/h2-7,16H,1H3,(H,17,18). The van der Waals surface area contributed by atoms with Gasteiger partial charge in [0.2, 0.25) is 5.76 Å². The van der Waals surface area contributed by atoms with Crippen LogP contribution in [0.5, 0.6) is 0 Å². The van der Waals surface area contributed by atoms with Crippen LogP contribution in [0.2, 0.25) is 5.02 Å². The van der Waals surface area contributed by atoms with Crippen molar-refractivity contribution in [1.29, 1.82) is 0 Å². The summed E-state index contributed by atoms with van der Waals surface area (Å²) in [5.74, 6) is -1.22. The van der Waals surface area contributed by atoms with E-state index in [2.05, 4.69) is 5.32 Å². The van der Waals surface area contributed by atoms with Crippen LogP contribution in [0, 0.1) is 5.82 Å². The van der Waals surface area contributed by atoms with Gasteiger partial charge in [0.05, 0.1) is 16.8 Å². The fraction of sp³-hybridized carbons (Fsp3) is 0.154. The molecule has 19 heavy (non-hydrogen) atoms. The number of hydrogen-bond donors (Lipinski definition) is 2. The van der Waals surface area contributed by atoms with Gasteiger partial charge in [0, 0.05) is 0 Å². The Hall–Kier alpha value is -2.01. The Bertz CT molecular complexity index is 612. The number of hydrogen-bond acceptors (Lipinski definition) is 3. The van der Waals surface area contributed by atoms with Crippen LogP contribution in [-0.4, -0.2) is 11.1 Å². The SMILES string of the molecule is CC(Nc1ccc(F)cc1Cl)c1ccc(C(=O)O)o1. The molecule has 0 aliphatic rings. The van der Waals surface area contributed by atoms with Crippen LogP contribution in [0.4, 0.5) is 10.1 Å². The van der Waals surface area contributed by atoms with Crippen LogP contribution in [0.15, 0.2) is 34.7 Å². The number of rotatable bonds is 4. The average Bonchev–Trinajstić information content (AvgIpc) is 2.82. The van der Waals surface area contributed by atoms with Crippen molar-refractivity contribution in [3.05, 3.63) is 52.7 Å². The number of carboxylic acid groups (broad SMARTS) is 1. The quantitative estimate of drug-likeness (QED) is 0.892. The van der Waals surface area contributed by atoms with Crippen LogP contribution < -0.4 is 5.32 Å². The normalized spacial score (nSPS) is 12.2. The van der Waals surface area contributed by atoms with Crippen LogP contribution in [0.25, 0.3) is 0 Å². The highest BCUT2D eigenvalue weighted by Gasteiger charge is 2.15. The zero-order chi connectivity index (χ0) is 14.0. The first-order valence-electron chi connectivity index (χ1n) is 5.52. The molecule has 0 saturated heterocycles. The van der Waals surface area contributed by atoms with Gasteiger partial charge in [-0.1, -0.05) is 11.6 Å². The number of nitrogens with one attached hydrogen (secondary N) is 1. The summed E-state index contributed by atoms with van der Waals surface area (Å²) in [4.78, 5) is 10.7. The van der Waals surface area contributed by atoms with Crippen molar-refractivity contribution in [2.45, 2.75) is 13.0 Å². The third-order valence-electron chi connectivity index (χ3n) is 2.57. The predicted molar refractivity (Wildman–Crippen MR) is 69.1 cm³/mol. The second kappa shape index (κ2) is 5.32. The third kappa shape index (κ3) is 3.06. The van der Waals surface area contributed by atoms with E-state index in [1.165, 1.54) is 24.3 Å². The summed E-state index contributed by atoms with van der Waals surface area (Å²) in [7, 11) is 0. The zero-order valence-corrected chi connectivity index (χ0v) is 10.7. The third-order valence-corrected chi connectivity index (χ3v) is 2.88. The fourth-order valence-corrected chi connectivity index (χ4v) is 1.83. The molecular formula is C13H11ClFNO3. The Morgan fingerprint density at radius 3 is 2.74 bits per heavy atom. The van der Waals surface area contributed by atoms with Crippen molar-refractivity contribution in [2.24, 2.45) is 0 Å². The summed E-state index contributed by atoms with van der Waals surface area (Å²) < 4.78 is 18.1. The molecule has 1 atom stereocenters. The summed E-state index contributed by atoms with van der Waals surface area (Å²) >= 11 is 5.89. The molecule has 1 aromatic heterocycles. The van der Waals surface area contributed by atoms with Crippen LogP contribution in [-0.2, 0) is 0 Å². The molecule has 2 rings (SSSR count). The van der Waals surface area contributed by atoms with Crippen molar-refractivity contribution in [2.75, 3.05) is 5.32 Å².